The molecule has 0 atom stereocenters. The van der Waals surface area contributed by atoms with Crippen molar-refractivity contribution in [3.8, 4) is 0 Å². The summed E-state index contributed by atoms with van der Waals surface area (Å²) in [5, 5.41) is 0.925. The SMILES string of the molecule is C=C(C(=O)NC(=O)CC(F)(F)F)C(F)(F)F. The number of carbonyl (C=O) groups is 2. The monoisotopic (exact) mass is 249 g/mol. The molecular formula is C7H5F6NO2. The van der Waals surface area contributed by atoms with Crippen molar-refractivity contribution in [2.24, 2.45) is 0 Å². The van der Waals surface area contributed by atoms with E-state index in [1.807, 2.05) is 0 Å². The summed E-state index contributed by atoms with van der Waals surface area (Å²) < 4.78 is 70.1. The van der Waals surface area contributed by atoms with Gasteiger partial charge in [0.1, 0.15) is 12.0 Å². The molecule has 92 valence electrons. The molecule has 0 bridgehead atoms. The minimum Gasteiger partial charge on any atom is -0.292 e. The number of halogens is 6. The minimum atomic E-state index is -5.09. The van der Waals surface area contributed by atoms with Gasteiger partial charge >= 0.3 is 12.4 Å². The van der Waals surface area contributed by atoms with Crippen LogP contribution in [0.1, 0.15) is 6.42 Å². The highest BCUT2D eigenvalue weighted by Gasteiger charge is 2.38. The molecule has 0 aliphatic carbocycles. The second-order valence-corrected chi connectivity index (χ2v) is 2.65. The van der Waals surface area contributed by atoms with Gasteiger partial charge in [-0.1, -0.05) is 6.58 Å². The summed E-state index contributed by atoms with van der Waals surface area (Å²) >= 11 is 0. The third-order valence-electron chi connectivity index (χ3n) is 1.23. The fourth-order valence-electron chi connectivity index (χ4n) is 0.557. The highest BCUT2D eigenvalue weighted by Crippen LogP contribution is 2.24. The van der Waals surface area contributed by atoms with E-state index in [4.69, 9.17) is 0 Å². The van der Waals surface area contributed by atoms with E-state index in [-0.39, 0.29) is 0 Å². The lowest BCUT2D eigenvalue weighted by atomic mass is 10.2. The maximum Gasteiger partial charge on any atom is 0.421 e. The lowest BCUT2D eigenvalue weighted by Crippen LogP contribution is -2.37. The van der Waals surface area contributed by atoms with Crippen molar-refractivity contribution in [1.29, 1.82) is 0 Å². The van der Waals surface area contributed by atoms with Crippen LogP contribution < -0.4 is 5.32 Å². The van der Waals surface area contributed by atoms with Crippen LogP contribution in [0.15, 0.2) is 12.2 Å². The summed E-state index contributed by atoms with van der Waals surface area (Å²) in [6, 6.07) is 0. The van der Waals surface area contributed by atoms with Crippen LogP contribution in [0.5, 0.6) is 0 Å². The van der Waals surface area contributed by atoms with E-state index in [9.17, 15) is 35.9 Å². The first-order chi connectivity index (χ1) is 6.93. The fourth-order valence-corrected chi connectivity index (χ4v) is 0.557. The standard InChI is InChI=1S/C7H5F6NO2/c1-3(7(11,12)13)5(16)14-4(15)2-6(8,9)10/h1-2H2,(H,14,15,16). The zero-order valence-corrected chi connectivity index (χ0v) is 7.50. The molecule has 0 aliphatic heterocycles. The topological polar surface area (TPSA) is 46.2 Å². The summed E-state index contributed by atoms with van der Waals surface area (Å²) in [6.45, 7) is 2.30. The number of nitrogens with one attached hydrogen (secondary N) is 1. The number of carbonyl (C=O) groups excluding carboxylic acids is 2. The van der Waals surface area contributed by atoms with Crippen molar-refractivity contribution in [2.75, 3.05) is 0 Å². The highest BCUT2D eigenvalue weighted by atomic mass is 19.4. The maximum atomic E-state index is 11.8. The van der Waals surface area contributed by atoms with Crippen LogP contribution in [-0.4, -0.2) is 24.2 Å². The van der Waals surface area contributed by atoms with Crippen LogP contribution >= 0.6 is 0 Å². The Labute approximate surface area is 85.1 Å². The van der Waals surface area contributed by atoms with Gasteiger partial charge in [-0.05, 0) is 0 Å². The van der Waals surface area contributed by atoms with Crippen LogP contribution in [-0.2, 0) is 9.59 Å². The minimum absolute atomic E-state index is 0.925. The molecule has 0 fully saturated rings. The van der Waals surface area contributed by atoms with Crippen LogP contribution in [0, 0.1) is 0 Å². The van der Waals surface area contributed by atoms with Crippen molar-refractivity contribution >= 4 is 11.8 Å². The lowest BCUT2D eigenvalue weighted by molar-refractivity contribution is -0.155. The van der Waals surface area contributed by atoms with E-state index in [0.29, 0.717) is 0 Å². The quantitative estimate of drug-likeness (QED) is 0.598. The van der Waals surface area contributed by atoms with Crippen molar-refractivity contribution < 1.29 is 35.9 Å². The molecular weight excluding hydrogens is 244 g/mol. The van der Waals surface area contributed by atoms with Gasteiger partial charge in [-0.3, -0.25) is 14.9 Å². The third kappa shape index (κ3) is 5.37. The molecule has 0 aromatic heterocycles. The van der Waals surface area contributed by atoms with Crippen molar-refractivity contribution in [3.05, 3.63) is 12.2 Å². The second kappa shape index (κ2) is 4.54. The second-order valence-electron chi connectivity index (χ2n) is 2.65. The van der Waals surface area contributed by atoms with Crippen molar-refractivity contribution in [2.45, 2.75) is 18.8 Å². The van der Waals surface area contributed by atoms with Gasteiger partial charge in [-0.2, -0.15) is 26.3 Å². The molecule has 1 N–H and O–H groups in total. The largest absolute Gasteiger partial charge is 0.421 e. The van der Waals surface area contributed by atoms with Gasteiger partial charge in [0.2, 0.25) is 5.91 Å². The number of hydrogen-bond acceptors (Lipinski definition) is 2. The zero-order valence-electron chi connectivity index (χ0n) is 7.50. The molecule has 0 saturated heterocycles. The normalized spacial score (nSPS) is 12.1. The average molecular weight is 249 g/mol. The van der Waals surface area contributed by atoms with Gasteiger partial charge in [0.25, 0.3) is 5.91 Å². The maximum absolute atomic E-state index is 11.8. The molecule has 0 aliphatic rings. The van der Waals surface area contributed by atoms with Crippen LogP contribution in [0.2, 0.25) is 0 Å². The van der Waals surface area contributed by atoms with Crippen LogP contribution in [0.3, 0.4) is 0 Å². The van der Waals surface area contributed by atoms with Gasteiger partial charge < -0.3 is 0 Å². The van der Waals surface area contributed by atoms with Gasteiger partial charge in [-0.15, -0.1) is 0 Å². The smallest absolute Gasteiger partial charge is 0.292 e. The van der Waals surface area contributed by atoms with Crippen LogP contribution in [0.25, 0.3) is 0 Å². The number of alkyl halides is 6. The van der Waals surface area contributed by atoms with Crippen molar-refractivity contribution in [1.82, 2.24) is 5.32 Å². The number of amides is 2. The number of rotatable bonds is 2. The molecule has 16 heavy (non-hydrogen) atoms. The fraction of sp³-hybridized carbons (Fsp3) is 0.429. The average Bonchev–Trinajstić information content (AvgIpc) is 1.96. The summed E-state index contributed by atoms with van der Waals surface area (Å²) in [7, 11) is 0. The third-order valence-corrected chi connectivity index (χ3v) is 1.23. The summed E-state index contributed by atoms with van der Waals surface area (Å²) in [4.78, 5) is 21.0. The first-order valence-corrected chi connectivity index (χ1v) is 3.60. The Morgan fingerprint density at radius 3 is 1.81 bits per heavy atom. The molecule has 0 saturated carbocycles. The summed E-state index contributed by atoms with van der Waals surface area (Å²) in [5.74, 6) is -3.87. The molecule has 9 heteroatoms. The van der Waals surface area contributed by atoms with E-state index in [0.717, 1.165) is 5.32 Å². The Bertz CT molecular complexity index is 316. The molecule has 3 nitrogen and oxygen atoms in total. The van der Waals surface area contributed by atoms with E-state index in [1.54, 1.807) is 0 Å². The molecule has 0 rings (SSSR count). The lowest BCUT2D eigenvalue weighted by Gasteiger charge is -2.10. The number of imide groups is 1. The molecule has 0 heterocycles. The Morgan fingerprint density at radius 2 is 1.50 bits per heavy atom. The summed E-state index contributed by atoms with van der Waals surface area (Å²) in [6.07, 6.45) is -12.0. The molecule has 0 aromatic carbocycles. The molecule has 0 unspecified atom stereocenters. The zero-order chi connectivity index (χ0) is 13.1. The Kier molecular flexibility index (Phi) is 4.10. The van der Waals surface area contributed by atoms with E-state index >= 15 is 0 Å². The first kappa shape index (κ1) is 14.5. The van der Waals surface area contributed by atoms with E-state index in [2.05, 4.69) is 6.58 Å². The molecule has 2 amide bonds. The van der Waals surface area contributed by atoms with E-state index in [1.165, 1.54) is 0 Å². The van der Waals surface area contributed by atoms with Gasteiger partial charge in [-0.25, -0.2) is 0 Å². The number of hydrogen-bond donors (Lipinski definition) is 1. The first-order valence-electron chi connectivity index (χ1n) is 3.60. The Hall–Kier alpha value is -1.54. The summed E-state index contributed by atoms with van der Waals surface area (Å²) in [5.41, 5.74) is -1.94. The van der Waals surface area contributed by atoms with E-state index < -0.39 is 36.2 Å². The van der Waals surface area contributed by atoms with Gasteiger partial charge in [0.05, 0.1) is 0 Å². The van der Waals surface area contributed by atoms with Crippen molar-refractivity contribution in [3.63, 3.8) is 0 Å². The molecule has 0 spiro atoms. The Balaban J connectivity index is 4.38. The molecule has 0 radical (unpaired) electrons. The van der Waals surface area contributed by atoms with Gasteiger partial charge in [0.15, 0.2) is 0 Å². The Morgan fingerprint density at radius 1 is 1.06 bits per heavy atom. The predicted octanol–water partition coefficient (Wildman–Crippen LogP) is 1.70. The molecule has 0 aromatic rings. The highest BCUT2D eigenvalue weighted by molar-refractivity contribution is 6.04. The van der Waals surface area contributed by atoms with Crippen LogP contribution in [0.4, 0.5) is 26.3 Å². The van der Waals surface area contributed by atoms with Gasteiger partial charge in [0, 0.05) is 0 Å². The predicted molar refractivity (Wildman–Crippen MR) is 39.0 cm³/mol.